The third kappa shape index (κ3) is 2.85. The summed E-state index contributed by atoms with van der Waals surface area (Å²) in [5.74, 6) is 0. The van der Waals surface area contributed by atoms with Gasteiger partial charge in [0.05, 0.1) is 5.69 Å². The van der Waals surface area contributed by atoms with E-state index < -0.39 is 0 Å². The molecule has 20 heavy (non-hydrogen) atoms. The Morgan fingerprint density at radius 3 is 2.70 bits per heavy atom. The highest BCUT2D eigenvalue weighted by Gasteiger charge is 2.02. The van der Waals surface area contributed by atoms with Gasteiger partial charge >= 0.3 is 0 Å². The number of rotatable bonds is 5. The molecule has 0 aliphatic carbocycles. The van der Waals surface area contributed by atoms with Gasteiger partial charge in [-0.05, 0) is 30.2 Å². The summed E-state index contributed by atoms with van der Waals surface area (Å²) in [6.07, 6.45) is 4.63. The van der Waals surface area contributed by atoms with Crippen molar-refractivity contribution >= 4 is 16.5 Å². The fourth-order valence-corrected chi connectivity index (χ4v) is 2.51. The normalized spacial score (nSPS) is 10.7. The van der Waals surface area contributed by atoms with Gasteiger partial charge in [-0.3, -0.25) is 0 Å². The van der Waals surface area contributed by atoms with Gasteiger partial charge in [0.1, 0.15) is 5.01 Å². The van der Waals surface area contributed by atoms with Gasteiger partial charge in [0.15, 0.2) is 0 Å². The van der Waals surface area contributed by atoms with Crippen molar-refractivity contribution < 1.29 is 0 Å². The van der Waals surface area contributed by atoms with Crippen LogP contribution in [0.5, 0.6) is 0 Å². The average molecular weight is 285 g/mol. The van der Waals surface area contributed by atoms with Crippen molar-refractivity contribution in [2.24, 2.45) is 0 Å². The molecule has 0 bridgehead atoms. The standard InChI is InChI=1S/C14H15N5S/c1-2-13-17-18-14(20-13)15-10-11-4-6-12(7-5-11)19-9-3-8-16-19/h3-9H,2,10H2,1H3,(H,15,18). The van der Waals surface area contributed by atoms with Crippen LogP contribution in [-0.4, -0.2) is 20.0 Å². The van der Waals surface area contributed by atoms with Gasteiger partial charge in [0.25, 0.3) is 0 Å². The molecule has 5 nitrogen and oxygen atoms in total. The Morgan fingerprint density at radius 2 is 2.05 bits per heavy atom. The molecule has 3 rings (SSSR count). The van der Waals surface area contributed by atoms with Crippen LogP contribution in [0.15, 0.2) is 42.7 Å². The number of benzene rings is 1. The van der Waals surface area contributed by atoms with Gasteiger partial charge in [0.2, 0.25) is 5.13 Å². The molecular weight excluding hydrogens is 270 g/mol. The molecule has 0 fully saturated rings. The minimum atomic E-state index is 0.748. The SMILES string of the molecule is CCc1nnc(NCc2ccc(-n3cccn3)cc2)s1. The molecule has 0 amide bonds. The molecule has 0 saturated heterocycles. The molecule has 6 heteroatoms. The highest BCUT2D eigenvalue weighted by Crippen LogP contribution is 2.17. The summed E-state index contributed by atoms with van der Waals surface area (Å²) in [6, 6.07) is 10.2. The lowest BCUT2D eigenvalue weighted by molar-refractivity contribution is 0.879. The van der Waals surface area contributed by atoms with Gasteiger partial charge in [-0.15, -0.1) is 10.2 Å². The van der Waals surface area contributed by atoms with Crippen molar-refractivity contribution in [2.45, 2.75) is 19.9 Å². The predicted molar refractivity (Wildman–Crippen MR) is 80.2 cm³/mol. The Bertz CT molecular complexity index is 657. The van der Waals surface area contributed by atoms with Crippen LogP contribution in [0.3, 0.4) is 0 Å². The third-order valence-electron chi connectivity index (χ3n) is 2.92. The van der Waals surface area contributed by atoms with Gasteiger partial charge in [0, 0.05) is 18.9 Å². The smallest absolute Gasteiger partial charge is 0.205 e. The van der Waals surface area contributed by atoms with Crippen molar-refractivity contribution in [3.63, 3.8) is 0 Å². The van der Waals surface area contributed by atoms with Gasteiger partial charge in [-0.2, -0.15) is 5.10 Å². The first kappa shape index (κ1) is 12.8. The predicted octanol–water partition coefficient (Wildman–Crippen LogP) is 2.90. The fraction of sp³-hybridized carbons (Fsp3) is 0.214. The average Bonchev–Trinajstić information content (AvgIpc) is 3.17. The van der Waals surface area contributed by atoms with Crippen LogP contribution in [0.1, 0.15) is 17.5 Å². The minimum Gasteiger partial charge on any atom is -0.356 e. The van der Waals surface area contributed by atoms with Crippen LogP contribution < -0.4 is 5.32 Å². The summed E-state index contributed by atoms with van der Waals surface area (Å²) >= 11 is 1.61. The van der Waals surface area contributed by atoms with E-state index in [9.17, 15) is 0 Å². The summed E-state index contributed by atoms with van der Waals surface area (Å²) in [5.41, 5.74) is 2.26. The van der Waals surface area contributed by atoms with Crippen LogP contribution in [-0.2, 0) is 13.0 Å². The Morgan fingerprint density at radius 1 is 1.20 bits per heavy atom. The number of nitrogens with one attached hydrogen (secondary N) is 1. The van der Waals surface area contributed by atoms with Crippen LogP contribution in [0.4, 0.5) is 5.13 Å². The lowest BCUT2D eigenvalue weighted by Gasteiger charge is -2.05. The Labute approximate surface area is 121 Å². The van der Waals surface area contributed by atoms with Crippen molar-refractivity contribution in [3.05, 3.63) is 53.3 Å². The quantitative estimate of drug-likeness (QED) is 0.783. The van der Waals surface area contributed by atoms with E-state index >= 15 is 0 Å². The summed E-state index contributed by atoms with van der Waals surface area (Å²) in [5, 5.41) is 17.6. The number of aromatic nitrogens is 4. The monoisotopic (exact) mass is 285 g/mol. The second-order valence-corrected chi connectivity index (χ2v) is 5.39. The number of anilines is 1. The second kappa shape index (κ2) is 5.83. The van der Waals surface area contributed by atoms with E-state index in [2.05, 4.69) is 51.8 Å². The van der Waals surface area contributed by atoms with Crippen molar-refractivity contribution in [1.29, 1.82) is 0 Å². The Kier molecular flexibility index (Phi) is 3.73. The van der Waals surface area contributed by atoms with E-state index in [1.165, 1.54) is 5.56 Å². The summed E-state index contributed by atoms with van der Waals surface area (Å²) < 4.78 is 1.84. The van der Waals surface area contributed by atoms with Crippen molar-refractivity contribution in [2.75, 3.05) is 5.32 Å². The maximum atomic E-state index is 4.21. The van der Waals surface area contributed by atoms with E-state index in [0.717, 1.165) is 28.8 Å². The van der Waals surface area contributed by atoms with Gasteiger partial charge in [-0.25, -0.2) is 4.68 Å². The van der Waals surface area contributed by atoms with Crippen molar-refractivity contribution in [1.82, 2.24) is 20.0 Å². The molecule has 2 aromatic heterocycles. The number of hydrogen-bond donors (Lipinski definition) is 1. The third-order valence-corrected chi connectivity index (χ3v) is 3.94. The first-order valence-electron chi connectivity index (χ1n) is 6.50. The van der Waals surface area contributed by atoms with E-state index in [-0.39, 0.29) is 0 Å². The molecule has 0 aliphatic heterocycles. The topological polar surface area (TPSA) is 55.6 Å². The fourth-order valence-electron chi connectivity index (χ4n) is 1.83. The molecule has 2 heterocycles. The zero-order valence-electron chi connectivity index (χ0n) is 11.2. The van der Waals surface area contributed by atoms with E-state index in [1.807, 2.05) is 16.9 Å². The first-order valence-corrected chi connectivity index (χ1v) is 7.32. The zero-order valence-corrected chi connectivity index (χ0v) is 12.0. The molecule has 0 unspecified atom stereocenters. The Hall–Kier alpha value is -2.21. The van der Waals surface area contributed by atoms with E-state index in [4.69, 9.17) is 0 Å². The highest BCUT2D eigenvalue weighted by atomic mass is 32.1. The lowest BCUT2D eigenvalue weighted by Crippen LogP contribution is -2.00. The number of aryl methyl sites for hydroxylation is 1. The summed E-state index contributed by atoms with van der Waals surface area (Å²) in [7, 11) is 0. The lowest BCUT2D eigenvalue weighted by atomic mass is 10.2. The van der Waals surface area contributed by atoms with Crippen LogP contribution >= 0.6 is 11.3 Å². The van der Waals surface area contributed by atoms with E-state index in [1.54, 1.807) is 17.5 Å². The molecule has 0 saturated carbocycles. The minimum absolute atomic E-state index is 0.748. The summed E-state index contributed by atoms with van der Waals surface area (Å²) in [4.78, 5) is 0. The first-order chi connectivity index (χ1) is 9.85. The molecule has 1 aromatic carbocycles. The number of nitrogens with zero attached hydrogens (tertiary/aromatic N) is 4. The molecule has 3 aromatic rings. The molecule has 0 spiro atoms. The van der Waals surface area contributed by atoms with Crippen LogP contribution in [0, 0.1) is 0 Å². The molecule has 0 radical (unpaired) electrons. The molecule has 1 N–H and O–H groups in total. The van der Waals surface area contributed by atoms with E-state index in [0.29, 0.717) is 0 Å². The molecule has 0 aliphatic rings. The largest absolute Gasteiger partial charge is 0.356 e. The molecule has 102 valence electrons. The Balaban J connectivity index is 1.63. The van der Waals surface area contributed by atoms with Crippen LogP contribution in [0.2, 0.25) is 0 Å². The summed E-state index contributed by atoms with van der Waals surface area (Å²) in [6.45, 7) is 2.83. The maximum absolute atomic E-state index is 4.21. The zero-order chi connectivity index (χ0) is 13.8. The van der Waals surface area contributed by atoms with Crippen molar-refractivity contribution in [3.8, 4) is 5.69 Å². The second-order valence-electron chi connectivity index (χ2n) is 4.33. The highest BCUT2D eigenvalue weighted by molar-refractivity contribution is 7.15. The van der Waals surface area contributed by atoms with Crippen LogP contribution in [0.25, 0.3) is 5.69 Å². The maximum Gasteiger partial charge on any atom is 0.205 e. The molecule has 0 atom stereocenters. The molecular formula is C14H15N5S. The van der Waals surface area contributed by atoms with Gasteiger partial charge < -0.3 is 5.32 Å². The number of hydrogen-bond acceptors (Lipinski definition) is 5. The van der Waals surface area contributed by atoms with Gasteiger partial charge in [-0.1, -0.05) is 30.4 Å².